The number of piperidine rings is 1. The number of hydrogen-bond donors (Lipinski definition) is 1. The van der Waals surface area contributed by atoms with Crippen LogP contribution in [0, 0.1) is 11.3 Å². The zero-order valence-corrected chi connectivity index (χ0v) is 12.2. The maximum absolute atomic E-state index is 5.67. The van der Waals surface area contributed by atoms with Crippen LogP contribution in [0.3, 0.4) is 0 Å². The fourth-order valence-corrected chi connectivity index (χ4v) is 2.54. The molecule has 0 radical (unpaired) electrons. The lowest BCUT2D eigenvalue weighted by atomic mass is 9.75. The molecule has 2 rings (SSSR count). The van der Waals surface area contributed by atoms with Gasteiger partial charge < -0.3 is 15.4 Å². The zero-order valence-electron chi connectivity index (χ0n) is 12.2. The molecule has 1 aromatic rings. The van der Waals surface area contributed by atoms with Crippen LogP contribution in [-0.2, 0) is 0 Å². The summed E-state index contributed by atoms with van der Waals surface area (Å²) in [5, 5.41) is 0. The Balaban J connectivity index is 2.07. The molecule has 0 atom stereocenters. The molecule has 0 aromatic carbocycles. The minimum Gasteiger partial charge on any atom is -0.467 e. The molecule has 0 saturated carbocycles. The van der Waals surface area contributed by atoms with E-state index < -0.39 is 0 Å². The Bertz CT molecular complexity index is 435. The number of rotatable bonds is 2. The molecular formula is C13H23N5O. The molecule has 1 saturated heterocycles. The van der Waals surface area contributed by atoms with E-state index in [0.29, 0.717) is 11.4 Å². The van der Waals surface area contributed by atoms with Crippen molar-refractivity contribution < 1.29 is 4.74 Å². The molecule has 0 bridgehead atoms. The number of nitrogen functional groups attached to an aromatic ring is 1. The first-order valence-electron chi connectivity index (χ1n) is 6.70. The first-order valence-corrected chi connectivity index (χ1v) is 6.70. The molecule has 0 spiro atoms. The average Bonchev–Trinajstić information content (AvgIpc) is 2.37. The SMILES string of the molecule is COc1nc(N)nc(N2CCC(C(C)(C)C)CC2)n1. The normalized spacial score (nSPS) is 17.6. The Morgan fingerprint density at radius 3 is 2.32 bits per heavy atom. The van der Waals surface area contributed by atoms with Gasteiger partial charge >= 0.3 is 6.01 Å². The summed E-state index contributed by atoms with van der Waals surface area (Å²) < 4.78 is 5.03. The standard InChI is InChI=1S/C13H23N5O/c1-13(2,3)9-5-7-18(8-6-9)11-15-10(14)16-12(17-11)19-4/h9H,5-8H2,1-4H3,(H2,14,15,16,17). The van der Waals surface area contributed by atoms with E-state index in [1.165, 1.54) is 7.11 Å². The molecule has 1 aliphatic heterocycles. The van der Waals surface area contributed by atoms with E-state index in [4.69, 9.17) is 10.5 Å². The van der Waals surface area contributed by atoms with Crippen molar-refractivity contribution in [1.82, 2.24) is 15.0 Å². The van der Waals surface area contributed by atoms with Gasteiger partial charge in [-0.1, -0.05) is 20.8 Å². The summed E-state index contributed by atoms with van der Waals surface area (Å²) in [5.41, 5.74) is 6.03. The van der Waals surface area contributed by atoms with Crippen molar-refractivity contribution in [1.29, 1.82) is 0 Å². The molecule has 0 unspecified atom stereocenters. The molecule has 1 aliphatic rings. The Morgan fingerprint density at radius 1 is 1.16 bits per heavy atom. The van der Waals surface area contributed by atoms with E-state index in [1.807, 2.05) is 0 Å². The number of methoxy groups -OCH3 is 1. The summed E-state index contributed by atoms with van der Waals surface area (Å²) in [4.78, 5) is 14.5. The van der Waals surface area contributed by atoms with Crippen LogP contribution >= 0.6 is 0 Å². The van der Waals surface area contributed by atoms with Crippen LogP contribution in [0.1, 0.15) is 33.6 Å². The van der Waals surface area contributed by atoms with Crippen LogP contribution in [0.4, 0.5) is 11.9 Å². The summed E-state index contributed by atoms with van der Waals surface area (Å²) in [6.45, 7) is 8.81. The van der Waals surface area contributed by atoms with Crippen LogP contribution in [0.15, 0.2) is 0 Å². The predicted molar refractivity (Wildman–Crippen MR) is 75.2 cm³/mol. The molecule has 0 aliphatic carbocycles. The molecule has 106 valence electrons. The number of anilines is 2. The second-order valence-electron chi connectivity index (χ2n) is 6.11. The van der Waals surface area contributed by atoms with Gasteiger partial charge in [0, 0.05) is 13.1 Å². The Kier molecular flexibility index (Phi) is 3.78. The molecule has 2 heterocycles. The number of nitrogens with zero attached hydrogens (tertiary/aromatic N) is 4. The third-order valence-electron chi connectivity index (χ3n) is 3.81. The van der Waals surface area contributed by atoms with Crippen LogP contribution < -0.4 is 15.4 Å². The molecule has 6 heteroatoms. The molecular weight excluding hydrogens is 242 g/mol. The van der Waals surface area contributed by atoms with Gasteiger partial charge in [-0.15, -0.1) is 0 Å². The van der Waals surface area contributed by atoms with Gasteiger partial charge in [0.15, 0.2) is 0 Å². The van der Waals surface area contributed by atoms with Gasteiger partial charge in [-0.2, -0.15) is 15.0 Å². The van der Waals surface area contributed by atoms with E-state index in [1.54, 1.807) is 0 Å². The van der Waals surface area contributed by atoms with Gasteiger partial charge in [0.25, 0.3) is 0 Å². The lowest BCUT2D eigenvalue weighted by molar-refractivity contribution is 0.198. The van der Waals surface area contributed by atoms with Gasteiger partial charge in [0.1, 0.15) is 0 Å². The average molecular weight is 265 g/mol. The van der Waals surface area contributed by atoms with Crippen LogP contribution in [-0.4, -0.2) is 35.2 Å². The highest BCUT2D eigenvalue weighted by atomic mass is 16.5. The topological polar surface area (TPSA) is 77.2 Å². The first kappa shape index (κ1) is 13.8. The van der Waals surface area contributed by atoms with Crippen LogP contribution in [0.5, 0.6) is 6.01 Å². The second kappa shape index (κ2) is 5.19. The third-order valence-corrected chi connectivity index (χ3v) is 3.81. The molecule has 19 heavy (non-hydrogen) atoms. The van der Waals surface area contributed by atoms with E-state index in [0.717, 1.165) is 31.8 Å². The largest absolute Gasteiger partial charge is 0.467 e. The van der Waals surface area contributed by atoms with Gasteiger partial charge in [0.2, 0.25) is 11.9 Å². The quantitative estimate of drug-likeness (QED) is 0.877. The minimum atomic E-state index is 0.208. The van der Waals surface area contributed by atoms with Crippen molar-refractivity contribution in [3.8, 4) is 6.01 Å². The Morgan fingerprint density at radius 2 is 1.79 bits per heavy atom. The van der Waals surface area contributed by atoms with E-state index in [-0.39, 0.29) is 12.0 Å². The fourth-order valence-electron chi connectivity index (χ4n) is 2.54. The van der Waals surface area contributed by atoms with Crippen molar-refractivity contribution >= 4 is 11.9 Å². The van der Waals surface area contributed by atoms with Crippen molar-refractivity contribution in [2.75, 3.05) is 30.8 Å². The summed E-state index contributed by atoms with van der Waals surface area (Å²) in [5.74, 6) is 1.57. The molecule has 0 amide bonds. The zero-order chi connectivity index (χ0) is 14.0. The predicted octanol–water partition coefficient (Wildman–Crippen LogP) is 1.72. The van der Waals surface area contributed by atoms with Crippen molar-refractivity contribution in [3.05, 3.63) is 0 Å². The third kappa shape index (κ3) is 3.24. The van der Waals surface area contributed by atoms with Crippen LogP contribution in [0.25, 0.3) is 0 Å². The number of aromatic nitrogens is 3. The maximum Gasteiger partial charge on any atom is 0.322 e. The van der Waals surface area contributed by atoms with E-state index in [9.17, 15) is 0 Å². The van der Waals surface area contributed by atoms with Gasteiger partial charge in [-0.05, 0) is 24.2 Å². The number of nitrogens with two attached hydrogens (primary N) is 1. The Labute approximate surface area is 114 Å². The highest BCUT2D eigenvalue weighted by Crippen LogP contribution is 2.35. The molecule has 2 N–H and O–H groups in total. The second-order valence-corrected chi connectivity index (χ2v) is 6.11. The van der Waals surface area contributed by atoms with Crippen molar-refractivity contribution in [3.63, 3.8) is 0 Å². The summed E-state index contributed by atoms with van der Waals surface area (Å²) in [6.07, 6.45) is 2.30. The lowest BCUT2D eigenvalue weighted by Crippen LogP contribution is -2.39. The van der Waals surface area contributed by atoms with Gasteiger partial charge in [-0.3, -0.25) is 0 Å². The van der Waals surface area contributed by atoms with Gasteiger partial charge in [-0.25, -0.2) is 0 Å². The van der Waals surface area contributed by atoms with E-state index in [2.05, 4.69) is 40.6 Å². The Hall–Kier alpha value is -1.59. The summed E-state index contributed by atoms with van der Waals surface area (Å²) >= 11 is 0. The number of ether oxygens (including phenoxy) is 1. The minimum absolute atomic E-state index is 0.208. The first-order chi connectivity index (χ1) is 8.90. The maximum atomic E-state index is 5.67. The molecule has 6 nitrogen and oxygen atoms in total. The number of hydrogen-bond acceptors (Lipinski definition) is 6. The fraction of sp³-hybridized carbons (Fsp3) is 0.769. The van der Waals surface area contributed by atoms with Crippen molar-refractivity contribution in [2.45, 2.75) is 33.6 Å². The van der Waals surface area contributed by atoms with E-state index >= 15 is 0 Å². The highest BCUT2D eigenvalue weighted by Gasteiger charge is 2.29. The highest BCUT2D eigenvalue weighted by molar-refractivity contribution is 5.36. The summed E-state index contributed by atoms with van der Waals surface area (Å²) in [6, 6.07) is 0.278. The van der Waals surface area contributed by atoms with Gasteiger partial charge in [0.05, 0.1) is 7.11 Å². The van der Waals surface area contributed by atoms with Crippen LogP contribution in [0.2, 0.25) is 0 Å². The monoisotopic (exact) mass is 265 g/mol. The lowest BCUT2D eigenvalue weighted by Gasteiger charge is -2.38. The summed E-state index contributed by atoms with van der Waals surface area (Å²) in [7, 11) is 1.53. The smallest absolute Gasteiger partial charge is 0.322 e. The molecule has 1 aromatic heterocycles. The van der Waals surface area contributed by atoms with Crippen molar-refractivity contribution in [2.24, 2.45) is 11.3 Å². The molecule has 1 fully saturated rings.